The Balaban J connectivity index is 2.27. The van der Waals surface area contributed by atoms with Crippen molar-refractivity contribution in [1.82, 2.24) is 14.8 Å². The van der Waals surface area contributed by atoms with Crippen molar-refractivity contribution >= 4 is 28.1 Å². The van der Waals surface area contributed by atoms with E-state index in [0.717, 1.165) is 23.3 Å². The summed E-state index contributed by atoms with van der Waals surface area (Å²) >= 11 is 8.57. The third kappa shape index (κ3) is 2.41. The molecule has 2 rings (SSSR count). The SMILES string of the molecule is CCn1c(Cc2ccc(Br)cc2)n[nH]c1=S. The molecule has 0 saturated carbocycles. The topological polar surface area (TPSA) is 33.6 Å². The van der Waals surface area contributed by atoms with E-state index < -0.39 is 0 Å². The average Bonchev–Trinajstić information content (AvgIpc) is 2.63. The van der Waals surface area contributed by atoms with Crippen LogP contribution in [-0.4, -0.2) is 14.8 Å². The Kier molecular flexibility index (Phi) is 3.56. The molecular weight excluding hydrogens is 286 g/mol. The van der Waals surface area contributed by atoms with Crippen molar-refractivity contribution in [3.05, 3.63) is 44.9 Å². The highest BCUT2D eigenvalue weighted by Crippen LogP contribution is 2.13. The standard InChI is InChI=1S/C11H12BrN3S/c1-2-15-10(13-14-11(15)16)7-8-3-5-9(12)6-4-8/h3-6H,2,7H2,1H3,(H,14,16). The number of rotatable bonds is 3. The summed E-state index contributed by atoms with van der Waals surface area (Å²) in [6, 6.07) is 8.24. The third-order valence-corrected chi connectivity index (χ3v) is 3.27. The predicted octanol–water partition coefficient (Wildman–Crippen LogP) is 3.31. The predicted molar refractivity (Wildman–Crippen MR) is 70.0 cm³/mol. The number of hydrogen-bond acceptors (Lipinski definition) is 2. The molecule has 0 amide bonds. The number of H-pyrrole nitrogens is 1. The highest BCUT2D eigenvalue weighted by Gasteiger charge is 2.05. The zero-order chi connectivity index (χ0) is 11.5. The fraction of sp³-hybridized carbons (Fsp3) is 0.273. The van der Waals surface area contributed by atoms with Gasteiger partial charge in [-0.25, -0.2) is 0 Å². The number of hydrogen-bond donors (Lipinski definition) is 1. The molecule has 84 valence electrons. The Labute approximate surface area is 108 Å². The lowest BCUT2D eigenvalue weighted by atomic mass is 10.1. The van der Waals surface area contributed by atoms with Crippen LogP contribution < -0.4 is 0 Å². The number of aromatic amines is 1. The summed E-state index contributed by atoms with van der Waals surface area (Å²) < 4.78 is 3.79. The summed E-state index contributed by atoms with van der Waals surface area (Å²) in [6.07, 6.45) is 0.800. The Morgan fingerprint density at radius 3 is 2.69 bits per heavy atom. The number of nitrogens with zero attached hydrogens (tertiary/aromatic N) is 2. The molecule has 0 spiro atoms. The van der Waals surface area contributed by atoms with Gasteiger partial charge in [0.1, 0.15) is 5.82 Å². The van der Waals surface area contributed by atoms with Crippen molar-refractivity contribution in [2.75, 3.05) is 0 Å². The third-order valence-electron chi connectivity index (χ3n) is 2.43. The normalized spacial score (nSPS) is 10.6. The van der Waals surface area contributed by atoms with Crippen LogP contribution in [0, 0.1) is 4.77 Å². The van der Waals surface area contributed by atoms with Gasteiger partial charge in [-0.05, 0) is 36.8 Å². The molecule has 3 nitrogen and oxygen atoms in total. The highest BCUT2D eigenvalue weighted by molar-refractivity contribution is 9.10. The molecule has 1 N–H and O–H groups in total. The van der Waals surface area contributed by atoms with Crippen molar-refractivity contribution in [2.45, 2.75) is 19.9 Å². The Hall–Kier alpha value is -0.940. The second kappa shape index (κ2) is 4.93. The second-order valence-corrected chi connectivity index (χ2v) is 4.79. The van der Waals surface area contributed by atoms with Gasteiger partial charge in [0.2, 0.25) is 0 Å². The van der Waals surface area contributed by atoms with Crippen molar-refractivity contribution in [2.24, 2.45) is 0 Å². The fourth-order valence-electron chi connectivity index (χ4n) is 1.60. The van der Waals surface area contributed by atoms with Crippen molar-refractivity contribution in [3.8, 4) is 0 Å². The Morgan fingerprint density at radius 2 is 2.06 bits per heavy atom. The number of benzene rings is 1. The van der Waals surface area contributed by atoms with Crippen LogP contribution in [0.1, 0.15) is 18.3 Å². The van der Waals surface area contributed by atoms with Crippen LogP contribution in [0.2, 0.25) is 0 Å². The van der Waals surface area contributed by atoms with Crippen molar-refractivity contribution < 1.29 is 0 Å². The van der Waals surface area contributed by atoms with E-state index in [1.807, 2.05) is 16.7 Å². The van der Waals surface area contributed by atoms with Gasteiger partial charge in [0.15, 0.2) is 4.77 Å². The molecule has 0 radical (unpaired) electrons. The molecule has 0 fully saturated rings. The fourth-order valence-corrected chi connectivity index (χ4v) is 2.14. The van der Waals surface area contributed by atoms with Gasteiger partial charge >= 0.3 is 0 Å². The Morgan fingerprint density at radius 1 is 1.38 bits per heavy atom. The van der Waals surface area contributed by atoms with E-state index in [9.17, 15) is 0 Å². The first kappa shape index (κ1) is 11.5. The van der Waals surface area contributed by atoms with Gasteiger partial charge in [-0.1, -0.05) is 28.1 Å². The molecular formula is C11H12BrN3S. The first-order valence-corrected chi connectivity index (χ1v) is 6.29. The first-order valence-electron chi connectivity index (χ1n) is 5.09. The van der Waals surface area contributed by atoms with Crippen LogP contribution >= 0.6 is 28.1 Å². The van der Waals surface area contributed by atoms with Gasteiger partial charge in [0.25, 0.3) is 0 Å². The molecule has 0 bridgehead atoms. The molecule has 1 aromatic carbocycles. The minimum absolute atomic E-state index is 0.689. The van der Waals surface area contributed by atoms with E-state index in [0.29, 0.717) is 4.77 Å². The van der Waals surface area contributed by atoms with Gasteiger partial charge < -0.3 is 4.57 Å². The maximum absolute atomic E-state index is 5.15. The molecule has 5 heteroatoms. The number of halogens is 1. The second-order valence-electron chi connectivity index (χ2n) is 3.49. The van der Waals surface area contributed by atoms with Crippen LogP contribution in [-0.2, 0) is 13.0 Å². The van der Waals surface area contributed by atoms with Crippen LogP contribution in [0.4, 0.5) is 0 Å². The molecule has 16 heavy (non-hydrogen) atoms. The molecule has 1 aromatic heterocycles. The summed E-state index contributed by atoms with van der Waals surface area (Å²) in [4.78, 5) is 0. The average molecular weight is 298 g/mol. The molecule has 0 aliphatic carbocycles. The summed E-state index contributed by atoms with van der Waals surface area (Å²) in [7, 11) is 0. The van der Waals surface area contributed by atoms with Gasteiger partial charge in [-0.2, -0.15) is 5.10 Å². The monoisotopic (exact) mass is 297 g/mol. The van der Waals surface area contributed by atoms with Gasteiger partial charge in [-0.15, -0.1) is 0 Å². The van der Waals surface area contributed by atoms with Crippen LogP contribution in [0.25, 0.3) is 0 Å². The molecule has 0 aliphatic rings. The lowest BCUT2D eigenvalue weighted by Crippen LogP contribution is -2.02. The van der Waals surface area contributed by atoms with Gasteiger partial charge in [-0.3, -0.25) is 5.10 Å². The molecule has 2 aromatic rings. The number of nitrogens with one attached hydrogen (secondary N) is 1. The molecule has 0 aliphatic heterocycles. The zero-order valence-electron chi connectivity index (χ0n) is 8.90. The summed E-state index contributed by atoms with van der Waals surface area (Å²) in [5, 5.41) is 7.06. The van der Waals surface area contributed by atoms with E-state index in [-0.39, 0.29) is 0 Å². The molecule has 0 saturated heterocycles. The molecule has 1 heterocycles. The van der Waals surface area contributed by atoms with Crippen LogP contribution in [0.3, 0.4) is 0 Å². The maximum Gasteiger partial charge on any atom is 0.195 e. The smallest absolute Gasteiger partial charge is 0.195 e. The van der Waals surface area contributed by atoms with Crippen molar-refractivity contribution in [1.29, 1.82) is 0 Å². The van der Waals surface area contributed by atoms with E-state index in [4.69, 9.17) is 12.2 Å². The minimum Gasteiger partial charge on any atom is -0.304 e. The highest BCUT2D eigenvalue weighted by atomic mass is 79.9. The summed E-state index contributed by atoms with van der Waals surface area (Å²) in [6.45, 7) is 2.91. The molecule has 0 unspecified atom stereocenters. The quantitative estimate of drug-likeness (QED) is 0.882. The largest absolute Gasteiger partial charge is 0.304 e. The molecule has 0 atom stereocenters. The van der Waals surface area contributed by atoms with Crippen molar-refractivity contribution in [3.63, 3.8) is 0 Å². The van der Waals surface area contributed by atoms with Crippen LogP contribution in [0.15, 0.2) is 28.7 Å². The Bertz CT molecular complexity index is 527. The summed E-state index contributed by atoms with van der Waals surface area (Å²) in [5.74, 6) is 0.981. The zero-order valence-corrected chi connectivity index (χ0v) is 11.3. The minimum atomic E-state index is 0.689. The van der Waals surface area contributed by atoms with E-state index in [1.165, 1.54) is 5.56 Å². The maximum atomic E-state index is 5.15. The van der Waals surface area contributed by atoms with Crippen LogP contribution in [0.5, 0.6) is 0 Å². The van der Waals surface area contributed by atoms with Gasteiger partial charge in [0.05, 0.1) is 0 Å². The first-order chi connectivity index (χ1) is 7.70. The number of aromatic nitrogens is 3. The van der Waals surface area contributed by atoms with Gasteiger partial charge in [0, 0.05) is 17.4 Å². The van der Waals surface area contributed by atoms with E-state index >= 15 is 0 Å². The van der Waals surface area contributed by atoms with E-state index in [1.54, 1.807) is 0 Å². The van der Waals surface area contributed by atoms with E-state index in [2.05, 4.69) is 45.2 Å². The summed E-state index contributed by atoms with van der Waals surface area (Å²) in [5.41, 5.74) is 1.23. The lowest BCUT2D eigenvalue weighted by molar-refractivity contribution is 0.704. The lowest BCUT2D eigenvalue weighted by Gasteiger charge is -2.03.